The van der Waals surface area contributed by atoms with Crippen molar-refractivity contribution in [1.29, 1.82) is 0 Å². The molecule has 2 heterocycles. The van der Waals surface area contributed by atoms with Gasteiger partial charge in [0.15, 0.2) is 11.4 Å². The van der Waals surface area contributed by atoms with Crippen molar-refractivity contribution in [3.05, 3.63) is 137 Å². The first-order valence-electron chi connectivity index (χ1n) is 14.9. The normalized spacial score (nSPS) is 17.9. The number of aliphatic hydroxyl groups is 1. The van der Waals surface area contributed by atoms with E-state index in [1.165, 1.54) is 6.33 Å². The van der Waals surface area contributed by atoms with Gasteiger partial charge in [0, 0.05) is 30.8 Å². The molecule has 0 aliphatic carbocycles. The van der Waals surface area contributed by atoms with E-state index >= 15 is 0 Å². The third kappa shape index (κ3) is 8.17. The fourth-order valence-electron chi connectivity index (χ4n) is 5.25. The average Bonchev–Trinajstić information content (AvgIpc) is 3.63. The van der Waals surface area contributed by atoms with E-state index in [4.69, 9.17) is 9.47 Å². The zero-order valence-electron chi connectivity index (χ0n) is 24.6. The molecular formula is C35H35N5O4S. The molecule has 1 aromatic heterocycles. The quantitative estimate of drug-likeness (QED) is 0.128. The summed E-state index contributed by atoms with van der Waals surface area (Å²) in [5.41, 5.74) is 6.96. The van der Waals surface area contributed by atoms with Gasteiger partial charge in [0.05, 0.1) is 18.8 Å². The lowest BCUT2D eigenvalue weighted by molar-refractivity contribution is -0.245. The first-order valence-corrected chi connectivity index (χ1v) is 15.9. The molecule has 0 unspecified atom stereocenters. The number of aliphatic hydroxyl groups excluding tert-OH is 1. The molecule has 0 radical (unpaired) electrons. The van der Waals surface area contributed by atoms with Crippen molar-refractivity contribution in [2.45, 2.75) is 49.8 Å². The fraction of sp³-hybridized carbons (Fsp3) is 0.229. The predicted octanol–water partition coefficient (Wildman–Crippen LogP) is 6.30. The molecule has 6 rings (SSSR count). The maximum absolute atomic E-state index is 12.5. The second kappa shape index (κ2) is 15.0. The number of nitrogens with zero attached hydrogens (tertiary/aromatic N) is 2. The van der Waals surface area contributed by atoms with Gasteiger partial charge in [-0.3, -0.25) is 5.10 Å². The smallest absolute Gasteiger partial charge is 0.315 e. The monoisotopic (exact) mass is 621 g/mol. The highest BCUT2D eigenvalue weighted by Gasteiger charge is 2.32. The minimum atomic E-state index is -0.555. The number of aromatic amines is 1. The maximum atomic E-state index is 12.5. The van der Waals surface area contributed by atoms with Gasteiger partial charge in [-0.2, -0.15) is 5.10 Å². The van der Waals surface area contributed by atoms with Crippen LogP contribution in [0, 0.1) is 0 Å². The summed E-state index contributed by atoms with van der Waals surface area (Å²) in [6.45, 7) is 0.866. The van der Waals surface area contributed by atoms with Crippen LogP contribution in [0.4, 0.5) is 4.79 Å². The number of carbonyl (C=O) groups is 1. The Morgan fingerprint density at radius 2 is 1.58 bits per heavy atom. The summed E-state index contributed by atoms with van der Waals surface area (Å²) in [5.74, 6) is 0.692. The molecule has 5 aromatic rings. The van der Waals surface area contributed by atoms with Crippen molar-refractivity contribution in [3.63, 3.8) is 0 Å². The van der Waals surface area contributed by atoms with E-state index in [-0.39, 0.29) is 24.8 Å². The molecule has 45 heavy (non-hydrogen) atoms. The highest BCUT2D eigenvalue weighted by atomic mass is 32.2. The third-order valence-electron chi connectivity index (χ3n) is 7.66. The SMILES string of the molecule is O=C(NCc1ccccc1)NCc1ccccc1-c1ccc([C@H]2O[C@@H](CSc3ncn[nH]3)C[C@@H](c3ccc(CO)cc3)O2)cc1. The van der Waals surface area contributed by atoms with Gasteiger partial charge in [-0.05, 0) is 33.4 Å². The zero-order valence-corrected chi connectivity index (χ0v) is 25.5. The molecule has 0 spiro atoms. The van der Waals surface area contributed by atoms with Crippen molar-refractivity contribution in [1.82, 2.24) is 25.8 Å². The van der Waals surface area contributed by atoms with Crippen LogP contribution in [0.3, 0.4) is 0 Å². The number of hydrogen-bond acceptors (Lipinski definition) is 7. The standard InChI is InChI=1S/C35H35N5O4S/c41-21-25-10-12-27(13-11-25)32-18-30(22-45-35-38-23-39-40-35)43-33(44-32)28-16-14-26(15-17-28)31-9-5-4-8-29(31)20-37-34(42)36-19-24-6-2-1-3-7-24/h1-17,23,30,32-33,41H,18-22H2,(H2,36,37,42)(H,38,39,40)/t30-,32+,33+/m1/s1. The Labute approximate surface area is 266 Å². The molecule has 10 heteroatoms. The number of nitrogens with one attached hydrogen (secondary N) is 3. The molecule has 3 atom stereocenters. The number of aromatic nitrogens is 3. The van der Waals surface area contributed by atoms with E-state index in [1.807, 2.05) is 84.9 Å². The Hall–Kier alpha value is -4.48. The molecule has 9 nitrogen and oxygen atoms in total. The Morgan fingerprint density at radius 3 is 2.33 bits per heavy atom. The molecule has 1 fully saturated rings. The van der Waals surface area contributed by atoms with Crippen LogP contribution in [0.15, 0.2) is 115 Å². The van der Waals surface area contributed by atoms with E-state index in [0.717, 1.165) is 44.1 Å². The fourth-order valence-corrected chi connectivity index (χ4v) is 6.05. The Balaban J connectivity index is 1.14. The summed E-state index contributed by atoms with van der Waals surface area (Å²) in [7, 11) is 0. The van der Waals surface area contributed by atoms with Gasteiger partial charge >= 0.3 is 6.03 Å². The number of hydrogen-bond donors (Lipinski definition) is 4. The molecule has 4 aromatic carbocycles. The van der Waals surface area contributed by atoms with Crippen molar-refractivity contribution >= 4 is 17.8 Å². The van der Waals surface area contributed by atoms with Gasteiger partial charge < -0.3 is 25.2 Å². The highest BCUT2D eigenvalue weighted by molar-refractivity contribution is 7.99. The second-order valence-corrected chi connectivity index (χ2v) is 11.8. The summed E-state index contributed by atoms with van der Waals surface area (Å²) >= 11 is 1.57. The average molecular weight is 622 g/mol. The van der Waals surface area contributed by atoms with Gasteiger partial charge in [0.1, 0.15) is 6.33 Å². The van der Waals surface area contributed by atoms with Crippen molar-refractivity contribution in [2.24, 2.45) is 0 Å². The van der Waals surface area contributed by atoms with Crippen LogP contribution in [0.25, 0.3) is 11.1 Å². The maximum Gasteiger partial charge on any atom is 0.315 e. The van der Waals surface area contributed by atoms with Crippen LogP contribution in [0.1, 0.15) is 46.6 Å². The number of rotatable bonds is 11. The van der Waals surface area contributed by atoms with E-state index in [1.54, 1.807) is 11.8 Å². The van der Waals surface area contributed by atoms with Gasteiger partial charge in [-0.15, -0.1) is 0 Å². The zero-order chi connectivity index (χ0) is 30.8. The molecule has 0 bridgehead atoms. The molecule has 1 aliphatic rings. The molecular weight excluding hydrogens is 586 g/mol. The number of ether oxygens (including phenoxy) is 2. The lowest BCUT2D eigenvalue weighted by Crippen LogP contribution is -2.34. The Kier molecular flexibility index (Phi) is 10.2. The molecule has 230 valence electrons. The largest absolute Gasteiger partial charge is 0.392 e. The van der Waals surface area contributed by atoms with Crippen LogP contribution < -0.4 is 10.6 Å². The van der Waals surface area contributed by atoms with Crippen LogP contribution in [-0.2, 0) is 29.2 Å². The Bertz CT molecular complexity index is 1650. The van der Waals surface area contributed by atoms with Crippen LogP contribution in [-0.4, -0.2) is 38.2 Å². The van der Waals surface area contributed by atoms with Gasteiger partial charge in [-0.1, -0.05) is 115 Å². The third-order valence-corrected chi connectivity index (χ3v) is 8.67. The number of benzene rings is 4. The number of H-pyrrole nitrogens is 1. The number of carbonyl (C=O) groups excluding carboxylic acids is 1. The minimum Gasteiger partial charge on any atom is -0.392 e. The van der Waals surface area contributed by atoms with Crippen molar-refractivity contribution in [2.75, 3.05) is 5.75 Å². The van der Waals surface area contributed by atoms with E-state index in [9.17, 15) is 9.90 Å². The molecule has 1 saturated heterocycles. The summed E-state index contributed by atoms with van der Waals surface area (Å²) in [4.78, 5) is 16.7. The topological polar surface area (TPSA) is 121 Å². The van der Waals surface area contributed by atoms with Crippen molar-refractivity contribution in [3.8, 4) is 11.1 Å². The molecule has 1 aliphatic heterocycles. The van der Waals surface area contributed by atoms with Crippen LogP contribution in [0.5, 0.6) is 0 Å². The van der Waals surface area contributed by atoms with E-state index in [2.05, 4.69) is 44.0 Å². The molecule has 2 amide bonds. The van der Waals surface area contributed by atoms with Gasteiger partial charge in [0.2, 0.25) is 0 Å². The first-order chi connectivity index (χ1) is 22.1. The summed E-state index contributed by atoms with van der Waals surface area (Å²) in [5, 5.41) is 23.0. The summed E-state index contributed by atoms with van der Waals surface area (Å²) in [6, 6.07) is 33.7. The summed E-state index contributed by atoms with van der Waals surface area (Å²) in [6.07, 6.45) is 1.38. The number of urea groups is 1. The molecule has 0 saturated carbocycles. The Morgan fingerprint density at radius 1 is 0.844 bits per heavy atom. The minimum absolute atomic E-state index is 0.000975. The van der Waals surface area contributed by atoms with Gasteiger partial charge in [-0.25, -0.2) is 9.78 Å². The predicted molar refractivity (Wildman–Crippen MR) is 173 cm³/mol. The molecule has 4 N–H and O–H groups in total. The van der Waals surface area contributed by atoms with Gasteiger partial charge in [0.25, 0.3) is 0 Å². The first kappa shape index (κ1) is 30.5. The number of thioether (sulfide) groups is 1. The second-order valence-electron chi connectivity index (χ2n) is 10.8. The van der Waals surface area contributed by atoms with E-state index < -0.39 is 6.29 Å². The van der Waals surface area contributed by atoms with Crippen LogP contribution in [0.2, 0.25) is 0 Å². The lowest BCUT2D eigenvalue weighted by atomic mass is 9.98. The summed E-state index contributed by atoms with van der Waals surface area (Å²) < 4.78 is 13.0. The van der Waals surface area contributed by atoms with E-state index in [0.29, 0.717) is 25.3 Å². The highest BCUT2D eigenvalue weighted by Crippen LogP contribution is 2.39. The lowest BCUT2D eigenvalue weighted by Gasteiger charge is -2.36. The van der Waals surface area contributed by atoms with Crippen molar-refractivity contribution < 1.29 is 19.4 Å². The van der Waals surface area contributed by atoms with Crippen LogP contribution >= 0.6 is 11.8 Å². The number of amides is 2.